The molecule has 4 nitrogen and oxygen atoms in total. The molecule has 1 aromatic rings. The van der Waals surface area contributed by atoms with Gasteiger partial charge in [-0.25, -0.2) is 9.78 Å². The largest absolute Gasteiger partial charge is 0.461 e. The minimum absolute atomic E-state index is 0.235. The summed E-state index contributed by atoms with van der Waals surface area (Å²) in [6, 6.07) is 1.67. The zero-order chi connectivity index (χ0) is 10.4. The normalized spacial score (nSPS) is 8.29. The highest BCUT2D eigenvalue weighted by atomic mass is 32.1. The molecule has 0 saturated heterocycles. The fraction of sp³-hybridized carbons (Fsp3) is 0.222. The number of hydrogen-bond donors (Lipinski definition) is 0. The van der Waals surface area contributed by atoms with Crippen LogP contribution in [0.15, 0.2) is 5.38 Å². The number of thiazole rings is 1. The Morgan fingerprint density at radius 2 is 2.57 bits per heavy atom. The molecule has 0 unspecified atom stereocenters. The number of aromatic nitrogens is 1. The van der Waals surface area contributed by atoms with Crippen LogP contribution in [0.3, 0.4) is 0 Å². The number of nitriles is 1. The summed E-state index contributed by atoms with van der Waals surface area (Å²) in [6.07, 6.45) is 0. The smallest absolute Gasteiger partial charge is 0.357 e. The summed E-state index contributed by atoms with van der Waals surface area (Å²) in [5, 5.41) is 10.2. The molecule has 0 aromatic carbocycles. The van der Waals surface area contributed by atoms with Gasteiger partial charge < -0.3 is 4.74 Å². The zero-order valence-corrected chi connectivity index (χ0v) is 8.22. The molecule has 14 heavy (non-hydrogen) atoms. The van der Waals surface area contributed by atoms with Crippen LogP contribution in [0.2, 0.25) is 0 Å². The second kappa shape index (κ2) is 5.00. The van der Waals surface area contributed by atoms with Crippen molar-refractivity contribution in [2.75, 3.05) is 6.61 Å². The van der Waals surface area contributed by atoms with Gasteiger partial charge in [0.25, 0.3) is 0 Å². The minimum Gasteiger partial charge on any atom is -0.461 e. The standard InChI is InChI=1S/C9H6N2O2S/c1-2-13-9(12)7-6-14-8(11-7)4-3-5-10/h6H,2H2,1H3. The maximum absolute atomic E-state index is 11.1. The van der Waals surface area contributed by atoms with E-state index in [1.807, 2.05) is 0 Å². The third-order valence-electron chi connectivity index (χ3n) is 1.21. The van der Waals surface area contributed by atoms with Crippen molar-refractivity contribution < 1.29 is 9.53 Å². The predicted molar refractivity (Wildman–Crippen MR) is 50.6 cm³/mol. The third-order valence-corrected chi connectivity index (χ3v) is 1.97. The Morgan fingerprint density at radius 1 is 1.79 bits per heavy atom. The highest BCUT2D eigenvalue weighted by Crippen LogP contribution is 2.09. The van der Waals surface area contributed by atoms with Crippen LogP contribution in [0, 0.1) is 23.2 Å². The summed E-state index contributed by atoms with van der Waals surface area (Å²) >= 11 is 1.21. The molecule has 0 aliphatic heterocycles. The number of ether oxygens (including phenoxy) is 1. The van der Waals surface area contributed by atoms with Gasteiger partial charge in [0.15, 0.2) is 16.8 Å². The van der Waals surface area contributed by atoms with Gasteiger partial charge >= 0.3 is 5.97 Å². The first kappa shape index (κ1) is 10.2. The molecule has 0 saturated carbocycles. The number of carbonyl (C=O) groups is 1. The van der Waals surface area contributed by atoms with E-state index in [-0.39, 0.29) is 5.69 Å². The Hall–Kier alpha value is -1.85. The van der Waals surface area contributed by atoms with Gasteiger partial charge in [-0.15, -0.1) is 11.3 Å². The van der Waals surface area contributed by atoms with E-state index in [0.29, 0.717) is 11.6 Å². The molecule has 0 N–H and O–H groups in total. The van der Waals surface area contributed by atoms with Crippen molar-refractivity contribution in [2.45, 2.75) is 6.92 Å². The van der Waals surface area contributed by atoms with Crippen LogP contribution in [0.4, 0.5) is 0 Å². The molecular weight excluding hydrogens is 200 g/mol. The van der Waals surface area contributed by atoms with Crippen LogP contribution in [0.5, 0.6) is 0 Å². The summed E-state index contributed by atoms with van der Waals surface area (Å²) in [5.41, 5.74) is 0.235. The minimum atomic E-state index is -0.464. The molecule has 0 fully saturated rings. The van der Waals surface area contributed by atoms with E-state index < -0.39 is 5.97 Å². The lowest BCUT2D eigenvalue weighted by Gasteiger charge is -1.95. The Bertz CT molecular complexity index is 434. The van der Waals surface area contributed by atoms with E-state index in [2.05, 4.69) is 16.8 Å². The molecule has 0 spiro atoms. The zero-order valence-electron chi connectivity index (χ0n) is 7.40. The highest BCUT2D eigenvalue weighted by Gasteiger charge is 2.09. The maximum atomic E-state index is 11.1. The summed E-state index contributed by atoms with van der Waals surface area (Å²) in [7, 11) is 0. The van der Waals surface area contributed by atoms with Gasteiger partial charge in [-0.05, 0) is 12.8 Å². The Balaban J connectivity index is 2.79. The van der Waals surface area contributed by atoms with Crippen LogP contribution in [0.25, 0.3) is 0 Å². The summed E-state index contributed by atoms with van der Waals surface area (Å²) < 4.78 is 4.74. The van der Waals surface area contributed by atoms with Crippen LogP contribution in [-0.2, 0) is 4.74 Å². The lowest BCUT2D eigenvalue weighted by Crippen LogP contribution is -2.04. The van der Waals surface area contributed by atoms with Gasteiger partial charge in [-0.2, -0.15) is 5.26 Å². The topological polar surface area (TPSA) is 63.0 Å². The number of nitrogens with zero attached hydrogens (tertiary/aromatic N) is 2. The Morgan fingerprint density at radius 3 is 3.21 bits per heavy atom. The molecule has 0 atom stereocenters. The van der Waals surface area contributed by atoms with Gasteiger partial charge in [-0.1, -0.05) is 0 Å². The lowest BCUT2D eigenvalue weighted by molar-refractivity contribution is 0.0520. The van der Waals surface area contributed by atoms with Crippen molar-refractivity contribution in [2.24, 2.45) is 0 Å². The van der Waals surface area contributed by atoms with Crippen LogP contribution in [0.1, 0.15) is 22.4 Å². The van der Waals surface area contributed by atoms with Gasteiger partial charge in [0.05, 0.1) is 6.61 Å². The second-order valence-electron chi connectivity index (χ2n) is 2.12. The molecule has 1 heterocycles. The van der Waals surface area contributed by atoms with E-state index in [1.54, 1.807) is 18.4 Å². The number of esters is 1. The predicted octanol–water partition coefficient (Wildman–Crippen LogP) is 1.19. The summed E-state index contributed by atoms with van der Waals surface area (Å²) in [6.45, 7) is 2.04. The highest BCUT2D eigenvalue weighted by molar-refractivity contribution is 7.10. The van der Waals surface area contributed by atoms with Crippen molar-refractivity contribution in [3.63, 3.8) is 0 Å². The average Bonchev–Trinajstić information content (AvgIpc) is 2.63. The molecule has 0 aliphatic rings. The van der Waals surface area contributed by atoms with E-state index in [4.69, 9.17) is 10.00 Å². The molecule has 0 aliphatic carbocycles. The lowest BCUT2D eigenvalue weighted by atomic mass is 10.5. The van der Waals surface area contributed by atoms with E-state index in [1.165, 1.54) is 11.3 Å². The SMILES string of the molecule is CCOC(=O)c1csc(C#CC#N)n1. The maximum Gasteiger partial charge on any atom is 0.357 e. The van der Waals surface area contributed by atoms with Crippen LogP contribution < -0.4 is 0 Å². The van der Waals surface area contributed by atoms with Crippen molar-refractivity contribution in [3.8, 4) is 17.9 Å². The van der Waals surface area contributed by atoms with Gasteiger partial charge in [0.1, 0.15) is 0 Å². The van der Waals surface area contributed by atoms with Crippen molar-refractivity contribution in [1.29, 1.82) is 5.26 Å². The van der Waals surface area contributed by atoms with Crippen LogP contribution >= 0.6 is 11.3 Å². The first-order valence-electron chi connectivity index (χ1n) is 3.80. The third kappa shape index (κ3) is 2.58. The van der Waals surface area contributed by atoms with Crippen molar-refractivity contribution in [3.05, 3.63) is 16.1 Å². The average molecular weight is 206 g/mol. The molecule has 5 heteroatoms. The molecule has 1 aromatic heterocycles. The fourth-order valence-corrected chi connectivity index (χ4v) is 1.34. The van der Waals surface area contributed by atoms with Gasteiger partial charge in [-0.3, -0.25) is 0 Å². The van der Waals surface area contributed by atoms with E-state index in [9.17, 15) is 4.79 Å². The Labute approximate surface area is 85.1 Å². The van der Waals surface area contributed by atoms with Crippen LogP contribution in [-0.4, -0.2) is 17.6 Å². The molecule has 0 amide bonds. The second-order valence-corrected chi connectivity index (χ2v) is 2.98. The fourth-order valence-electron chi connectivity index (χ4n) is 0.711. The number of hydrogen-bond acceptors (Lipinski definition) is 5. The Kier molecular flexibility index (Phi) is 3.66. The molecule has 0 bridgehead atoms. The number of rotatable bonds is 2. The van der Waals surface area contributed by atoms with E-state index in [0.717, 1.165) is 0 Å². The summed E-state index contributed by atoms with van der Waals surface area (Å²) in [5.74, 6) is 4.24. The summed E-state index contributed by atoms with van der Waals surface area (Å²) in [4.78, 5) is 15.0. The molecule has 70 valence electrons. The first-order chi connectivity index (χ1) is 6.77. The van der Waals surface area contributed by atoms with Gasteiger partial charge in [0, 0.05) is 11.3 Å². The number of carbonyl (C=O) groups excluding carboxylic acids is 1. The van der Waals surface area contributed by atoms with Crippen molar-refractivity contribution in [1.82, 2.24) is 4.98 Å². The first-order valence-corrected chi connectivity index (χ1v) is 4.68. The van der Waals surface area contributed by atoms with E-state index >= 15 is 0 Å². The van der Waals surface area contributed by atoms with Crippen molar-refractivity contribution >= 4 is 17.3 Å². The molecule has 1 rings (SSSR count). The quantitative estimate of drug-likeness (QED) is 0.538. The molecule has 0 radical (unpaired) electrons. The molecular formula is C9H6N2O2S. The monoisotopic (exact) mass is 206 g/mol. The van der Waals surface area contributed by atoms with Gasteiger partial charge in [0.2, 0.25) is 0 Å².